The van der Waals surface area contributed by atoms with Gasteiger partial charge in [-0.15, -0.1) is 0 Å². The maximum atomic E-state index is 12.0. The number of hydrogen-bond acceptors (Lipinski definition) is 7. The van der Waals surface area contributed by atoms with E-state index in [1.165, 1.54) is 17.1 Å². The Bertz CT molecular complexity index is 1750. The third kappa shape index (κ3) is 6.89. The van der Waals surface area contributed by atoms with E-state index in [0.29, 0.717) is 36.6 Å². The van der Waals surface area contributed by atoms with Crippen molar-refractivity contribution in [2.45, 2.75) is 44.2 Å². The largest absolute Gasteiger partial charge is 0.472 e. The van der Waals surface area contributed by atoms with E-state index in [1.807, 2.05) is 0 Å². The first kappa shape index (κ1) is 31.8. The highest BCUT2D eigenvalue weighted by Crippen LogP contribution is 2.43. The molecule has 0 spiro atoms. The van der Waals surface area contributed by atoms with Crippen molar-refractivity contribution in [3.05, 3.63) is 90.9 Å². The molecule has 0 saturated carbocycles. The molecule has 5 rings (SSSR count). The van der Waals surface area contributed by atoms with Crippen LogP contribution in [-0.4, -0.2) is 55.1 Å². The van der Waals surface area contributed by atoms with Crippen molar-refractivity contribution in [1.82, 2.24) is 14.5 Å². The molecule has 1 saturated heterocycles. The van der Waals surface area contributed by atoms with Crippen LogP contribution >= 0.6 is 58.0 Å². The van der Waals surface area contributed by atoms with Crippen LogP contribution in [0, 0.1) is 11.8 Å². The number of aliphatic carboxylic acids is 1. The summed E-state index contributed by atoms with van der Waals surface area (Å²) < 4.78 is 20.1. The molecule has 0 unspecified atom stereocenters. The van der Waals surface area contributed by atoms with Gasteiger partial charge in [0.2, 0.25) is 0 Å². The van der Waals surface area contributed by atoms with Gasteiger partial charge in [0.05, 0.1) is 30.8 Å². The van der Waals surface area contributed by atoms with Crippen LogP contribution in [0.3, 0.4) is 0 Å². The van der Waals surface area contributed by atoms with Crippen LogP contribution < -0.4 is 0 Å². The third-order valence-electron chi connectivity index (χ3n) is 6.83. The van der Waals surface area contributed by atoms with Gasteiger partial charge in [-0.2, -0.15) is 0 Å². The Balaban J connectivity index is 1.48. The predicted molar refractivity (Wildman–Crippen MR) is 163 cm³/mol. The molecule has 0 aliphatic carbocycles. The number of carbonyl (C=O) groups is 1. The molecule has 2 N–H and O–H groups in total. The van der Waals surface area contributed by atoms with Crippen LogP contribution in [0.1, 0.15) is 29.8 Å². The molecule has 4 atom stereocenters. The van der Waals surface area contributed by atoms with E-state index in [-0.39, 0.29) is 36.2 Å². The fraction of sp³-hybridized carbons (Fsp3) is 0.276. The van der Waals surface area contributed by atoms with Crippen molar-refractivity contribution in [2.75, 3.05) is 6.61 Å². The highest BCUT2D eigenvalue weighted by Gasteiger charge is 2.55. The Hall–Kier alpha value is -2.62. The van der Waals surface area contributed by atoms with Gasteiger partial charge in [0.25, 0.3) is 0 Å². The molecule has 1 aliphatic rings. The molecule has 0 radical (unpaired) electrons. The lowest BCUT2D eigenvalue weighted by Gasteiger charge is -2.30. The molecule has 2 aromatic heterocycles. The second-order valence-electron chi connectivity index (χ2n) is 9.84. The smallest absolute Gasteiger partial charge is 0.382 e. The second kappa shape index (κ2) is 13.2. The topological polar surface area (TPSA) is 116 Å². The monoisotopic (exact) mass is 683 g/mol. The van der Waals surface area contributed by atoms with Crippen LogP contribution in [0.25, 0.3) is 11.0 Å². The Labute approximate surface area is 271 Å². The molecular formula is C29H22Cl5N3O6. The van der Waals surface area contributed by atoms with Crippen molar-refractivity contribution < 1.29 is 29.2 Å². The van der Waals surface area contributed by atoms with Crippen molar-refractivity contribution in [2.24, 2.45) is 0 Å². The maximum absolute atomic E-state index is 12.0. The zero-order chi connectivity index (χ0) is 30.9. The number of halogens is 5. The van der Waals surface area contributed by atoms with Gasteiger partial charge in [-0.1, -0.05) is 76.1 Å². The summed E-state index contributed by atoms with van der Waals surface area (Å²) in [4.78, 5) is 19.5. The SMILES string of the molecule is C[C@@]1(O)[C@H](OCc2ccc(Cl)cc2Cl)[C@@H](COCc2ccc(Cl)cc2Cl)O[C@H]1n1cc(C#CC(=O)O)c2c(Cl)ncnc21. The molecular weight excluding hydrogens is 664 g/mol. The molecule has 1 fully saturated rings. The van der Waals surface area contributed by atoms with Crippen LogP contribution in [0.4, 0.5) is 0 Å². The van der Waals surface area contributed by atoms with E-state index in [4.69, 9.17) is 77.3 Å². The summed E-state index contributed by atoms with van der Waals surface area (Å²) in [6, 6.07) is 10.1. The Morgan fingerprint density at radius 3 is 2.33 bits per heavy atom. The third-order valence-corrected chi connectivity index (χ3v) is 8.29. The first-order valence-corrected chi connectivity index (χ1v) is 14.6. The van der Waals surface area contributed by atoms with Gasteiger partial charge in [-0.25, -0.2) is 14.8 Å². The number of hydrogen-bond donors (Lipinski definition) is 2. The standard InChI is InChI=1S/C29H22Cl5N3O6/c1-29(40)25(42-12-17-3-6-19(31)9-21(17)33)22(13-41-11-16-2-5-18(30)8-20(16)32)43-28(29)37-10-15(4-7-23(38)39)24-26(34)35-14-36-27(24)37/h2-3,5-6,8-10,14,22,25,28,40H,11-13H2,1H3,(H,38,39)/t22-,25-,28-,29-/m1/s1. The summed E-state index contributed by atoms with van der Waals surface area (Å²) >= 11 is 31.1. The summed E-state index contributed by atoms with van der Waals surface area (Å²) in [6.07, 6.45) is -0.0652. The van der Waals surface area contributed by atoms with Crippen LogP contribution in [-0.2, 0) is 32.2 Å². The Kier molecular flexibility index (Phi) is 9.73. The summed E-state index contributed by atoms with van der Waals surface area (Å²) in [6.45, 7) is 1.73. The van der Waals surface area contributed by atoms with Crippen LogP contribution in [0.5, 0.6) is 0 Å². The van der Waals surface area contributed by atoms with E-state index >= 15 is 0 Å². The van der Waals surface area contributed by atoms with E-state index < -0.39 is 30.0 Å². The van der Waals surface area contributed by atoms with Crippen LogP contribution in [0.15, 0.2) is 48.9 Å². The Morgan fingerprint density at radius 1 is 1.05 bits per heavy atom. The molecule has 43 heavy (non-hydrogen) atoms. The van der Waals surface area contributed by atoms with Gasteiger partial charge in [0, 0.05) is 32.2 Å². The Morgan fingerprint density at radius 2 is 1.70 bits per heavy atom. The number of carboxylic acid groups (broad SMARTS) is 1. The number of aliphatic hydroxyl groups is 1. The van der Waals surface area contributed by atoms with Crippen molar-refractivity contribution in [1.29, 1.82) is 0 Å². The average molecular weight is 686 g/mol. The van der Waals surface area contributed by atoms with Gasteiger partial charge >= 0.3 is 5.97 Å². The van der Waals surface area contributed by atoms with Gasteiger partial charge in [-0.05, 0) is 42.3 Å². The summed E-state index contributed by atoms with van der Waals surface area (Å²) in [5.41, 5.74) is 0.197. The number of ether oxygens (including phenoxy) is 3. The zero-order valence-electron chi connectivity index (χ0n) is 22.2. The molecule has 4 aromatic rings. The highest BCUT2D eigenvalue weighted by atomic mass is 35.5. The summed E-state index contributed by atoms with van der Waals surface area (Å²) in [5.74, 6) is 3.31. The second-order valence-corrected chi connectivity index (χ2v) is 11.9. The number of benzene rings is 2. The first-order valence-electron chi connectivity index (χ1n) is 12.7. The molecule has 3 heterocycles. The van der Waals surface area contributed by atoms with E-state index in [1.54, 1.807) is 43.3 Å². The molecule has 224 valence electrons. The molecule has 14 heteroatoms. The molecule has 9 nitrogen and oxygen atoms in total. The normalized spacial score (nSPS) is 21.6. The molecule has 0 bridgehead atoms. The quantitative estimate of drug-likeness (QED) is 0.158. The number of carboxylic acids is 1. The lowest BCUT2D eigenvalue weighted by atomic mass is 9.96. The van der Waals surface area contributed by atoms with Gasteiger partial charge in [-0.3, -0.25) is 0 Å². The summed E-state index contributed by atoms with van der Waals surface area (Å²) in [5, 5.41) is 23.2. The van der Waals surface area contributed by atoms with E-state index in [9.17, 15) is 9.90 Å². The minimum atomic E-state index is -1.67. The fourth-order valence-electron chi connectivity index (χ4n) is 4.83. The minimum Gasteiger partial charge on any atom is -0.472 e. The molecule has 1 aliphatic heterocycles. The summed E-state index contributed by atoms with van der Waals surface area (Å²) in [7, 11) is 0. The number of nitrogens with zero attached hydrogens (tertiary/aromatic N) is 3. The van der Waals surface area contributed by atoms with E-state index in [2.05, 4.69) is 21.8 Å². The van der Waals surface area contributed by atoms with Gasteiger partial charge < -0.3 is 29.0 Å². The van der Waals surface area contributed by atoms with E-state index in [0.717, 1.165) is 0 Å². The maximum Gasteiger partial charge on any atom is 0.382 e. The fourth-order valence-corrected chi connectivity index (χ4v) is 5.98. The first-order chi connectivity index (χ1) is 20.5. The van der Waals surface area contributed by atoms with Crippen molar-refractivity contribution in [3.8, 4) is 11.8 Å². The van der Waals surface area contributed by atoms with Crippen LogP contribution in [0.2, 0.25) is 25.2 Å². The van der Waals surface area contributed by atoms with Crippen molar-refractivity contribution in [3.63, 3.8) is 0 Å². The van der Waals surface area contributed by atoms with Gasteiger partial charge in [0.1, 0.15) is 34.9 Å². The molecule has 0 amide bonds. The molecule has 2 aromatic carbocycles. The zero-order valence-corrected chi connectivity index (χ0v) is 26.0. The van der Waals surface area contributed by atoms with Crippen molar-refractivity contribution >= 4 is 75.0 Å². The number of rotatable bonds is 8. The number of aromatic nitrogens is 3. The average Bonchev–Trinajstić information content (AvgIpc) is 3.42. The highest BCUT2D eigenvalue weighted by molar-refractivity contribution is 6.35. The van der Waals surface area contributed by atoms with Gasteiger partial charge in [0.15, 0.2) is 6.23 Å². The lowest BCUT2D eigenvalue weighted by Crippen LogP contribution is -2.46. The number of fused-ring (bicyclic) bond motifs is 1. The minimum absolute atomic E-state index is 0.00520. The predicted octanol–water partition coefficient (Wildman–Crippen LogP) is 6.59. The lowest BCUT2D eigenvalue weighted by molar-refractivity contribution is -0.130.